The molecule has 2 saturated heterocycles. The zero-order valence-corrected chi connectivity index (χ0v) is 30.1. The summed E-state index contributed by atoms with van der Waals surface area (Å²) in [6.07, 6.45) is 6.32. The number of nitrogen functional groups attached to an aromatic ring is 2. The fourth-order valence-corrected chi connectivity index (χ4v) is 6.11. The van der Waals surface area contributed by atoms with Crippen LogP contribution in [-0.2, 0) is 28.5 Å². The number of aliphatic hydroxyl groups is 2. The first-order chi connectivity index (χ1) is 22.0. The molecule has 0 unspecified atom stereocenters. The van der Waals surface area contributed by atoms with E-state index in [1.54, 1.807) is 38.6 Å². The monoisotopic (exact) mass is 672 g/mol. The molecular weight excluding hydrogens is 616 g/mol. The van der Waals surface area contributed by atoms with E-state index in [-0.39, 0.29) is 48.8 Å². The molecule has 4 rings (SSSR count). The Balaban J connectivity index is 0.000000260. The van der Waals surface area contributed by atoms with Gasteiger partial charge in [0.15, 0.2) is 0 Å². The number of ether oxygens (including phenoxy) is 4. The molecule has 2 aliphatic rings. The van der Waals surface area contributed by atoms with Crippen LogP contribution in [-0.4, -0.2) is 66.7 Å². The van der Waals surface area contributed by atoms with Crippen molar-refractivity contribution in [2.45, 2.75) is 142 Å². The molecular formula is C36H56N4O8. The second-order valence-corrected chi connectivity index (χ2v) is 15.4. The van der Waals surface area contributed by atoms with Gasteiger partial charge in [-0.25, -0.2) is 0 Å². The average molecular weight is 673 g/mol. The Morgan fingerprint density at radius 1 is 0.771 bits per heavy atom. The summed E-state index contributed by atoms with van der Waals surface area (Å²) in [4.78, 5) is 32.4. The van der Waals surface area contributed by atoms with E-state index in [1.165, 1.54) is 0 Å². The van der Waals surface area contributed by atoms with Gasteiger partial charge in [-0.15, -0.1) is 0 Å². The molecule has 2 fully saturated rings. The predicted molar refractivity (Wildman–Crippen MR) is 182 cm³/mol. The molecule has 268 valence electrons. The number of rotatable bonds is 6. The van der Waals surface area contributed by atoms with E-state index in [4.69, 9.17) is 30.4 Å². The van der Waals surface area contributed by atoms with Crippen LogP contribution in [0.5, 0.6) is 0 Å². The SMILES string of the molecule is C[C@@H]1O[C@H](c2ccncc2N)C[C@H](CC(=O)OC(C)(C)C)[C@@]1(C)O.C[C@H]1O[C@@H](c2ccncc2N)C[C@@H](CC(=O)OC(C)(C)C)[C@]1(C)O. The van der Waals surface area contributed by atoms with Gasteiger partial charge in [0.1, 0.15) is 11.2 Å². The van der Waals surface area contributed by atoms with Gasteiger partial charge in [0.25, 0.3) is 0 Å². The van der Waals surface area contributed by atoms with Crippen LogP contribution >= 0.6 is 0 Å². The van der Waals surface area contributed by atoms with Gasteiger partial charge in [0, 0.05) is 35.4 Å². The Morgan fingerprint density at radius 3 is 1.40 bits per heavy atom. The molecule has 8 atom stereocenters. The molecule has 0 saturated carbocycles. The number of esters is 2. The Hall–Kier alpha value is -3.32. The zero-order chi connectivity index (χ0) is 36.2. The Morgan fingerprint density at radius 2 is 1.10 bits per heavy atom. The van der Waals surface area contributed by atoms with Crippen LogP contribution in [0.3, 0.4) is 0 Å². The van der Waals surface area contributed by atoms with Crippen molar-refractivity contribution in [1.29, 1.82) is 0 Å². The molecule has 4 heterocycles. The first-order valence-electron chi connectivity index (χ1n) is 16.6. The molecule has 2 aromatic rings. The molecule has 2 aromatic heterocycles. The molecule has 12 heteroatoms. The first kappa shape index (κ1) is 39.1. The van der Waals surface area contributed by atoms with Crippen molar-refractivity contribution in [3.63, 3.8) is 0 Å². The highest BCUT2D eigenvalue weighted by molar-refractivity contribution is 5.71. The molecule has 0 bridgehead atoms. The second-order valence-electron chi connectivity index (χ2n) is 15.4. The molecule has 0 spiro atoms. The highest BCUT2D eigenvalue weighted by Gasteiger charge is 2.47. The van der Waals surface area contributed by atoms with E-state index < -0.39 is 34.6 Å². The van der Waals surface area contributed by atoms with Crippen LogP contribution in [0, 0.1) is 11.8 Å². The maximum Gasteiger partial charge on any atom is 0.306 e. The summed E-state index contributed by atoms with van der Waals surface area (Å²) < 4.78 is 22.8. The van der Waals surface area contributed by atoms with Crippen LogP contribution < -0.4 is 11.5 Å². The minimum atomic E-state index is -1.12. The lowest BCUT2D eigenvalue weighted by atomic mass is 9.75. The Labute approximate surface area is 284 Å². The van der Waals surface area contributed by atoms with Gasteiger partial charge in [0.05, 0.1) is 72.2 Å². The fourth-order valence-electron chi connectivity index (χ4n) is 6.11. The second kappa shape index (κ2) is 15.1. The van der Waals surface area contributed by atoms with Crippen molar-refractivity contribution in [2.75, 3.05) is 11.5 Å². The predicted octanol–water partition coefficient (Wildman–Crippen LogP) is 5.23. The number of nitrogens with two attached hydrogens (primary N) is 2. The van der Waals surface area contributed by atoms with Gasteiger partial charge in [0.2, 0.25) is 0 Å². The molecule has 48 heavy (non-hydrogen) atoms. The number of hydrogen-bond acceptors (Lipinski definition) is 12. The third kappa shape index (κ3) is 10.3. The lowest BCUT2D eigenvalue weighted by molar-refractivity contribution is -0.200. The zero-order valence-electron chi connectivity index (χ0n) is 30.1. The van der Waals surface area contributed by atoms with E-state index >= 15 is 0 Å². The van der Waals surface area contributed by atoms with Gasteiger partial charge in [-0.05, 0) is 94.2 Å². The van der Waals surface area contributed by atoms with Gasteiger partial charge >= 0.3 is 11.9 Å². The van der Waals surface area contributed by atoms with E-state index in [1.807, 2.05) is 67.5 Å². The van der Waals surface area contributed by atoms with E-state index in [9.17, 15) is 19.8 Å². The van der Waals surface area contributed by atoms with Gasteiger partial charge in [-0.2, -0.15) is 0 Å². The largest absolute Gasteiger partial charge is 0.460 e. The highest BCUT2D eigenvalue weighted by atomic mass is 16.6. The topological polar surface area (TPSA) is 189 Å². The molecule has 0 aromatic carbocycles. The number of anilines is 2. The van der Waals surface area contributed by atoms with Crippen LogP contribution in [0.4, 0.5) is 11.4 Å². The third-order valence-corrected chi connectivity index (χ3v) is 9.17. The number of hydrogen-bond donors (Lipinski definition) is 4. The summed E-state index contributed by atoms with van der Waals surface area (Å²) in [7, 11) is 0. The molecule has 0 radical (unpaired) electrons. The Kier molecular flexibility index (Phi) is 12.3. The number of carbonyl (C=O) groups is 2. The van der Waals surface area contributed by atoms with Crippen LogP contribution in [0.2, 0.25) is 0 Å². The minimum Gasteiger partial charge on any atom is -0.460 e. The van der Waals surface area contributed by atoms with Crippen molar-refractivity contribution in [3.8, 4) is 0 Å². The minimum absolute atomic E-state index is 0.138. The smallest absolute Gasteiger partial charge is 0.306 e. The lowest BCUT2D eigenvalue weighted by Crippen LogP contribution is -2.51. The van der Waals surface area contributed by atoms with Crippen LogP contribution in [0.25, 0.3) is 0 Å². The van der Waals surface area contributed by atoms with Crippen molar-refractivity contribution in [2.24, 2.45) is 11.8 Å². The molecule has 12 nitrogen and oxygen atoms in total. The Bertz CT molecular complexity index is 1300. The normalized spacial score (nSPS) is 30.8. The van der Waals surface area contributed by atoms with Crippen molar-refractivity contribution in [1.82, 2.24) is 9.97 Å². The third-order valence-electron chi connectivity index (χ3n) is 9.17. The summed E-state index contributed by atoms with van der Waals surface area (Å²) in [5.74, 6) is -1.20. The molecule has 2 aliphatic heterocycles. The molecule has 0 amide bonds. The van der Waals surface area contributed by atoms with E-state index in [0.29, 0.717) is 24.2 Å². The van der Waals surface area contributed by atoms with Crippen molar-refractivity contribution in [3.05, 3.63) is 48.0 Å². The summed E-state index contributed by atoms with van der Waals surface area (Å²) in [5.41, 5.74) is 11.4. The van der Waals surface area contributed by atoms with Gasteiger partial charge in [-0.3, -0.25) is 19.6 Å². The van der Waals surface area contributed by atoms with Crippen LogP contribution in [0.1, 0.15) is 118 Å². The lowest BCUT2D eigenvalue weighted by Gasteiger charge is -2.45. The average Bonchev–Trinajstić information content (AvgIpc) is 2.93. The maximum absolute atomic E-state index is 12.2. The number of nitrogens with zero attached hydrogens (tertiary/aromatic N) is 2. The standard InChI is InChI=1S/2C18H28N2O4/c2*1-11-18(5,22)12(9-16(21)24-17(2,3)4)8-15(23-11)13-6-7-20-10-14(13)19/h2*6-7,10-12,15,22H,8-9,19H2,1-5H3/t2*11-,12+,15-,18-/m10/s1. The van der Waals surface area contributed by atoms with E-state index in [0.717, 1.165) is 11.1 Å². The highest BCUT2D eigenvalue weighted by Crippen LogP contribution is 2.45. The van der Waals surface area contributed by atoms with Crippen molar-refractivity contribution < 1.29 is 38.7 Å². The fraction of sp³-hybridized carbons (Fsp3) is 0.667. The quantitative estimate of drug-likeness (QED) is 0.293. The maximum atomic E-state index is 12.2. The number of carbonyl (C=O) groups excluding carboxylic acids is 2. The summed E-state index contributed by atoms with van der Waals surface area (Å²) in [6.45, 7) is 18.0. The van der Waals surface area contributed by atoms with E-state index in [2.05, 4.69) is 9.97 Å². The molecule has 0 aliphatic carbocycles. The number of aromatic nitrogens is 2. The summed E-state index contributed by atoms with van der Waals surface area (Å²) in [6, 6.07) is 3.63. The van der Waals surface area contributed by atoms with Crippen molar-refractivity contribution >= 4 is 23.3 Å². The molecule has 6 N–H and O–H groups in total. The number of pyridine rings is 2. The van der Waals surface area contributed by atoms with Crippen LogP contribution in [0.15, 0.2) is 36.9 Å². The summed E-state index contributed by atoms with van der Waals surface area (Å²) in [5, 5.41) is 21.6. The van der Waals surface area contributed by atoms with Gasteiger partial charge < -0.3 is 40.6 Å². The summed E-state index contributed by atoms with van der Waals surface area (Å²) >= 11 is 0. The van der Waals surface area contributed by atoms with Gasteiger partial charge in [-0.1, -0.05) is 0 Å². The first-order valence-corrected chi connectivity index (χ1v) is 16.6.